The summed E-state index contributed by atoms with van der Waals surface area (Å²) in [7, 11) is 0. The fraction of sp³-hybridized carbons (Fsp3) is 0.143. The van der Waals surface area contributed by atoms with E-state index in [0.29, 0.717) is 5.56 Å². The van der Waals surface area contributed by atoms with Crippen molar-refractivity contribution in [3.63, 3.8) is 0 Å². The van der Waals surface area contributed by atoms with Gasteiger partial charge in [-0.15, -0.1) is 0 Å². The molecule has 1 aromatic carbocycles. The summed E-state index contributed by atoms with van der Waals surface area (Å²) in [5.41, 5.74) is 1.64. The van der Waals surface area contributed by atoms with Crippen LogP contribution in [0.3, 0.4) is 0 Å². The molecule has 1 heterocycles. The Balaban J connectivity index is 2.06. The van der Waals surface area contributed by atoms with Crippen LogP contribution in [-0.4, -0.2) is 10.9 Å². The van der Waals surface area contributed by atoms with E-state index >= 15 is 0 Å². The Morgan fingerprint density at radius 3 is 2.61 bits per heavy atom. The summed E-state index contributed by atoms with van der Waals surface area (Å²) in [6.07, 6.45) is 3.47. The fourth-order valence-electron chi connectivity index (χ4n) is 1.60. The summed E-state index contributed by atoms with van der Waals surface area (Å²) >= 11 is 3.34. The summed E-state index contributed by atoms with van der Waals surface area (Å²) in [6.45, 7) is 1.94. The average molecular weight is 305 g/mol. The highest BCUT2D eigenvalue weighted by atomic mass is 79.9. The Labute approximate surface area is 114 Å². The van der Waals surface area contributed by atoms with Crippen molar-refractivity contribution in [2.24, 2.45) is 0 Å². The lowest BCUT2D eigenvalue weighted by Crippen LogP contribution is -2.26. The molecule has 0 spiro atoms. The molecular formula is C14H13BrN2O. The second-order valence-corrected chi connectivity index (χ2v) is 4.90. The van der Waals surface area contributed by atoms with Crippen molar-refractivity contribution < 1.29 is 4.79 Å². The van der Waals surface area contributed by atoms with Gasteiger partial charge in [-0.2, -0.15) is 0 Å². The molecule has 2 aromatic rings. The minimum Gasteiger partial charge on any atom is -0.345 e. The Morgan fingerprint density at radius 2 is 2.00 bits per heavy atom. The van der Waals surface area contributed by atoms with Crippen molar-refractivity contribution in [1.82, 2.24) is 10.3 Å². The first-order valence-electron chi connectivity index (χ1n) is 5.63. The number of pyridine rings is 1. The highest BCUT2D eigenvalue weighted by Crippen LogP contribution is 2.13. The molecule has 1 atom stereocenters. The first-order chi connectivity index (χ1) is 8.66. The zero-order chi connectivity index (χ0) is 13.0. The number of amides is 1. The Morgan fingerprint density at radius 1 is 1.28 bits per heavy atom. The molecule has 0 aliphatic heterocycles. The van der Waals surface area contributed by atoms with Gasteiger partial charge in [-0.25, -0.2) is 0 Å². The lowest BCUT2D eigenvalue weighted by atomic mass is 10.1. The quantitative estimate of drug-likeness (QED) is 0.945. The first-order valence-corrected chi connectivity index (χ1v) is 6.42. The van der Waals surface area contributed by atoms with E-state index < -0.39 is 0 Å². The first kappa shape index (κ1) is 12.8. The molecule has 92 valence electrons. The molecule has 0 saturated carbocycles. The smallest absolute Gasteiger partial charge is 0.251 e. The molecule has 3 nitrogen and oxygen atoms in total. The Kier molecular flexibility index (Phi) is 4.10. The highest BCUT2D eigenvalue weighted by Gasteiger charge is 2.10. The van der Waals surface area contributed by atoms with E-state index in [1.807, 2.05) is 31.2 Å². The third-order valence-electron chi connectivity index (χ3n) is 2.64. The van der Waals surface area contributed by atoms with Gasteiger partial charge in [0.15, 0.2) is 0 Å². The summed E-state index contributed by atoms with van der Waals surface area (Å²) in [5.74, 6) is -0.0844. The Bertz CT molecular complexity index is 525. The fourth-order valence-corrected chi connectivity index (χ4v) is 1.86. The molecule has 0 aliphatic rings. The zero-order valence-corrected chi connectivity index (χ0v) is 11.5. The Hall–Kier alpha value is -1.68. The third-order valence-corrected chi connectivity index (χ3v) is 3.17. The van der Waals surface area contributed by atoms with E-state index in [1.165, 1.54) is 0 Å². The van der Waals surface area contributed by atoms with Gasteiger partial charge in [0.25, 0.3) is 5.91 Å². The molecule has 0 bridgehead atoms. The van der Waals surface area contributed by atoms with Gasteiger partial charge in [0.05, 0.1) is 6.04 Å². The van der Waals surface area contributed by atoms with Crippen LogP contribution in [0.15, 0.2) is 53.3 Å². The van der Waals surface area contributed by atoms with Crippen molar-refractivity contribution in [2.75, 3.05) is 0 Å². The average Bonchev–Trinajstić information content (AvgIpc) is 2.40. The molecule has 0 saturated heterocycles. The second kappa shape index (κ2) is 5.78. The number of hydrogen-bond acceptors (Lipinski definition) is 2. The van der Waals surface area contributed by atoms with Gasteiger partial charge in [-0.1, -0.05) is 22.0 Å². The number of hydrogen-bond donors (Lipinski definition) is 1. The monoisotopic (exact) mass is 304 g/mol. The van der Waals surface area contributed by atoms with Crippen LogP contribution in [0.5, 0.6) is 0 Å². The van der Waals surface area contributed by atoms with Crippen LogP contribution in [0.1, 0.15) is 28.9 Å². The molecule has 0 fully saturated rings. The van der Waals surface area contributed by atoms with Crippen LogP contribution in [0.25, 0.3) is 0 Å². The SMILES string of the molecule is CC(NC(=O)c1ccc(Br)cc1)c1cccnc1. The van der Waals surface area contributed by atoms with Gasteiger partial charge in [0.1, 0.15) is 0 Å². The van der Waals surface area contributed by atoms with Gasteiger partial charge in [0.2, 0.25) is 0 Å². The van der Waals surface area contributed by atoms with E-state index in [4.69, 9.17) is 0 Å². The highest BCUT2D eigenvalue weighted by molar-refractivity contribution is 9.10. The van der Waals surface area contributed by atoms with E-state index in [1.54, 1.807) is 24.5 Å². The number of halogens is 1. The van der Waals surface area contributed by atoms with Gasteiger partial charge in [-0.3, -0.25) is 9.78 Å². The molecule has 4 heteroatoms. The molecule has 2 rings (SSSR count). The largest absolute Gasteiger partial charge is 0.345 e. The molecule has 1 unspecified atom stereocenters. The predicted octanol–water partition coefficient (Wildman–Crippen LogP) is 3.34. The minimum absolute atomic E-state index is 0.0603. The molecule has 1 N–H and O–H groups in total. The summed E-state index contributed by atoms with van der Waals surface area (Å²) in [4.78, 5) is 16.0. The maximum absolute atomic E-state index is 12.0. The number of aromatic nitrogens is 1. The lowest BCUT2D eigenvalue weighted by molar-refractivity contribution is 0.0940. The summed E-state index contributed by atoms with van der Waals surface area (Å²) < 4.78 is 0.958. The van der Waals surface area contributed by atoms with Crippen LogP contribution in [0, 0.1) is 0 Å². The zero-order valence-electron chi connectivity index (χ0n) is 9.93. The normalized spacial score (nSPS) is 11.9. The van der Waals surface area contributed by atoms with Crippen LogP contribution >= 0.6 is 15.9 Å². The number of nitrogens with zero attached hydrogens (tertiary/aromatic N) is 1. The third kappa shape index (κ3) is 3.17. The number of nitrogens with one attached hydrogen (secondary N) is 1. The molecule has 18 heavy (non-hydrogen) atoms. The molecule has 1 aromatic heterocycles. The molecule has 0 radical (unpaired) electrons. The van der Waals surface area contributed by atoms with E-state index in [2.05, 4.69) is 26.2 Å². The number of rotatable bonds is 3. The summed E-state index contributed by atoms with van der Waals surface area (Å²) in [5, 5.41) is 2.94. The number of benzene rings is 1. The van der Waals surface area contributed by atoms with Gasteiger partial charge in [0, 0.05) is 22.4 Å². The van der Waals surface area contributed by atoms with E-state index in [-0.39, 0.29) is 11.9 Å². The van der Waals surface area contributed by atoms with Crippen molar-refractivity contribution in [2.45, 2.75) is 13.0 Å². The minimum atomic E-state index is -0.0844. The van der Waals surface area contributed by atoms with Crippen LogP contribution in [-0.2, 0) is 0 Å². The molecular weight excluding hydrogens is 292 g/mol. The van der Waals surface area contributed by atoms with E-state index in [9.17, 15) is 4.79 Å². The van der Waals surface area contributed by atoms with Crippen molar-refractivity contribution >= 4 is 21.8 Å². The van der Waals surface area contributed by atoms with Crippen LogP contribution in [0.2, 0.25) is 0 Å². The van der Waals surface area contributed by atoms with Crippen LogP contribution < -0.4 is 5.32 Å². The summed E-state index contributed by atoms with van der Waals surface area (Å²) in [6, 6.07) is 11.0. The number of carbonyl (C=O) groups is 1. The van der Waals surface area contributed by atoms with Gasteiger partial charge < -0.3 is 5.32 Å². The lowest BCUT2D eigenvalue weighted by Gasteiger charge is -2.13. The topological polar surface area (TPSA) is 42.0 Å². The molecule has 1 amide bonds. The maximum Gasteiger partial charge on any atom is 0.251 e. The maximum atomic E-state index is 12.0. The van der Waals surface area contributed by atoms with Gasteiger partial charge >= 0.3 is 0 Å². The van der Waals surface area contributed by atoms with Crippen LogP contribution in [0.4, 0.5) is 0 Å². The predicted molar refractivity (Wildman–Crippen MR) is 74.3 cm³/mol. The number of carbonyl (C=O) groups excluding carboxylic acids is 1. The van der Waals surface area contributed by atoms with E-state index in [0.717, 1.165) is 10.0 Å². The van der Waals surface area contributed by atoms with Gasteiger partial charge in [-0.05, 0) is 42.8 Å². The van der Waals surface area contributed by atoms with Crippen molar-refractivity contribution in [1.29, 1.82) is 0 Å². The molecule has 0 aliphatic carbocycles. The van der Waals surface area contributed by atoms with Crippen molar-refractivity contribution in [3.8, 4) is 0 Å². The van der Waals surface area contributed by atoms with Crippen molar-refractivity contribution in [3.05, 3.63) is 64.4 Å². The second-order valence-electron chi connectivity index (χ2n) is 3.99. The standard InChI is InChI=1S/C14H13BrN2O/c1-10(12-3-2-8-16-9-12)17-14(18)11-4-6-13(15)7-5-11/h2-10H,1H3,(H,17,18).